The van der Waals surface area contributed by atoms with Crippen molar-refractivity contribution in [2.45, 2.75) is 13.2 Å². The molecule has 18 heavy (non-hydrogen) atoms. The number of aromatic nitrogens is 1. The molecule has 5 heteroatoms. The highest BCUT2D eigenvalue weighted by Gasteiger charge is 2.05. The predicted molar refractivity (Wildman–Crippen MR) is 68.6 cm³/mol. The number of nitrogens with zero attached hydrogens (tertiary/aromatic N) is 1. The van der Waals surface area contributed by atoms with Gasteiger partial charge in [0.2, 0.25) is 0 Å². The van der Waals surface area contributed by atoms with Crippen LogP contribution in [-0.2, 0) is 13.2 Å². The summed E-state index contributed by atoms with van der Waals surface area (Å²) in [5, 5.41) is 9.12. The number of aliphatic hydroxyl groups excluding tert-OH is 1. The second-order valence-corrected chi connectivity index (χ2v) is 4.63. The fourth-order valence-electron chi connectivity index (χ4n) is 1.51. The molecule has 0 spiro atoms. The lowest BCUT2D eigenvalue weighted by Crippen LogP contribution is -1.99. The topological polar surface area (TPSA) is 42.4 Å². The van der Waals surface area contributed by atoms with Crippen molar-refractivity contribution < 1.29 is 14.2 Å². The molecule has 2 rings (SSSR count). The van der Waals surface area contributed by atoms with Crippen LogP contribution in [0.25, 0.3) is 0 Å². The highest BCUT2D eigenvalue weighted by Crippen LogP contribution is 2.21. The summed E-state index contributed by atoms with van der Waals surface area (Å²) < 4.78 is 19.4. The van der Waals surface area contributed by atoms with Gasteiger partial charge in [-0.2, -0.15) is 0 Å². The Morgan fingerprint density at radius 2 is 2.11 bits per heavy atom. The summed E-state index contributed by atoms with van der Waals surface area (Å²) in [4.78, 5) is 4.02. The first-order valence-corrected chi connectivity index (χ1v) is 6.10. The fraction of sp³-hybridized carbons (Fsp3) is 0.154. The van der Waals surface area contributed by atoms with Crippen LogP contribution in [0.4, 0.5) is 4.39 Å². The van der Waals surface area contributed by atoms with Gasteiger partial charge in [0, 0.05) is 28.0 Å². The van der Waals surface area contributed by atoms with Crippen LogP contribution in [0.15, 0.2) is 41.1 Å². The van der Waals surface area contributed by atoms with Crippen molar-refractivity contribution in [1.29, 1.82) is 0 Å². The van der Waals surface area contributed by atoms with Crippen molar-refractivity contribution in [3.63, 3.8) is 0 Å². The van der Waals surface area contributed by atoms with E-state index in [1.165, 1.54) is 18.2 Å². The van der Waals surface area contributed by atoms with Gasteiger partial charge in [0.15, 0.2) is 0 Å². The lowest BCUT2D eigenvalue weighted by atomic mass is 10.2. The molecule has 0 amide bonds. The zero-order valence-corrected chi connectivity index (χ0v) is 11.0. The Morgan fingerprint density at radius 3 is 2.83 bits per heavy atom. The Hall–Kier alpha value is -1.46. The lowest BCUT2D eigenvalue weighted by Gasteiger charge is -2.10. The Bertz CT molecular complexity index is 548. The number of halogens is 2. The molecule has 0 unspecified atom stereocenters. The van der Waals surface area contributed by atoms with Gasteiger partial charge < -0.3 is 9.84 Å². The second kappa shape index (κ2) is 5.93. The van der Waals surface area contributed by atoms with E-state index >= 15 is 0 Å². The third-order valence-electron chi connectivity index (χ3n) is 2.35. The van der Waals surface area contributed by atoms with Crippen LogP contribution in [0.5, 0.6) is 5.75 Å². The molecule has 0 saturated carbocycles. The third-order valence-corrected chi connectivity index (χ3v) is 2.78. The molecule has 0 aliphatic carbocycles. The summed E-state index contributed by atoms with van der Waals surface area (Å²) in [6, 6.07) is 5.95. The third kappa shape index (κ3) is 3.27. The molecule has 0 radical (unpaired) electrons. The largest absolute Gasteiger partial charge is 0.488 e. The van der Waals surface area contributed by atoms with Crippen LogP contribution in [0.2, 0.25) is 0 Å². The first-order valence-electron chi connectivity index (χ1n) is 5.30. The van der Waals surface area contributed by atoms with E-state index in [9.17, 15) is 4.39 Å². The number of hydrogen-bond acceptors (Lipinski definition) is 3. The Balaban J connectivity index is 2.10. The number of aliphatic hydroxyl groups is 1. The molecule has 3 nitrogen and oxygen atoms in total. The SMILES string of the molecule is OCc1cc(F)ccc1OCc1cncc(Br)c1. The van der Waals surface area contributed by atoms with Crippen LogP contribution >= 0.6 is 15.9 Å². The summed E-state index contributed by atoms with van der Waals surface area (Å²) in [5.74, 6) is 0.0781. The fourth-order valence-corrected chi connectivity index (χ4v) is 1.92. The Morgan fingerprint density at radius 1 is 1.28 bits per heavy atom. The van der Waals surface area contributed by atoms with Crippen LogP contribution in [0.3, 0.4) is 0 Å². The first kappa shape index (κ1) is 13.0. The van der Waals surface area contributed by atoms with Gasteiger partial charge in [-0.1, -0.05) is 0 Å². The molecule has 0 bridgehead atoms. The van der Waals surface area contributed by atoms with Gasteiger partial charge in [-0.05, 0) is 40.2 Å². The number of hydrogen-bond donors (Lipinski definition) is 1. The van der Waals surface area contributed by atoms with E-state index in [0.717, 1.165) is 10.0 Å². The zero-order valence-electron chi connectivity index (χ0n) is 9.44. The molecule has 0 aliphatic heterocycles. The highest BCUT2D eigenvalue weighted by molar-refractivity contribution is 9.10. The molecular weight excluding hydrogens is 301 g/mol. The van der Waals surface area contributed by atoms with E-state index in [2.05, 4.69) is 20.9 Å². The van der Waals surface area contributed by atoms with Gasteiger partial charge in [-0.25, -0.2) is 4.39 Å². The maximum atomic E-state index is 13.0. The highest BCUT2D eigenvalue weighted by atomic mass is 79.9. The van der Waals surface area contributed by atoms with Gasteiger partial charge in [0.25, 0.3) is 0 Å². The van der Waals surface area contributed by atoms with Crippen molar-refractivity contribution in [2.75, 3.05) is 0 Å². The lowest BCUT2D eigenvalue weighted by molar-refractivity contribution is 0.258. The summed E-state index contributed by atoms with van der Waals surface area (Å²) >= 11 is 3.32. The average molecular weight is 312 g/mol. The number of rotatable bonds is 4. The van der Waals surface area contributed by atoms with E-state index in [1.54, 1.807) is 12.4 Å². The second-order valence-electron chi connectivity index (χ2n) is 3.71. The summed E-state index contributed by atoms with van der Waals surface area (Å²) in [7, 11) is 0. The maximum Gasteiger partial charge on any atom is 0.125 e. The molecule has 1 aromatic carbocycles. The van der Waals surface area contributed by atoms with Crippen molar-refractivity contribution >= 4 is 15.9 Å². The molecule has 94 valence electrons. The minimum atomic E-state index is -0.393. The van der Waals surface area contributed by atoms with E-state index in [1.807, 2.05) is 6.07 Å². The molecule has 1 heterocycles. The van der Waals surface area contributed by atoms with Crippen LogP contribution in [0, 0.1) is 5.82 Å². The molecule has 0 aliphatic rings. The zero-order chi connectivity index (χ0) is 13.0. The molecule has 1 aromatic heterocycles. The van der Waals surface area contributed by atoms with Crippen molar-refractivity contribution in [2.24, 2.45) is 0 Å². The number of ether oxygens (including phenoxy) is 1. The molecule has 2 aromatic rings. The molecule has 1 N–H and O–H groups in total. The van der Waals surface area contributed by atoms with Crippen LogP contribution < -0.4 is 4.74 Å². The van der Waals surface area contributed by atoms with Crippen molar-refractivity contribution in [3.05, 3.63) is 58.1 Å². The Labute approximate surface area is 112 Å². The van der Waals surface area contributed by atoms with Crippen molar-refractivity contribution in [3.8, 4) is 5.75 Å². The van der Waals surface area contributed by atoms with E-state index in [4.69, 9.17) is 9.84 Å². The summed E-state index contributed by atoms with van der Waals surface area (Å²) in [6.07, 6.45) is 3.37. The van der Waals surface area contributed by atoms with Gasteiger partial charge in [-0.3, -0.25) is 4.98 Å². The summed E-state index contributed by atoms with van der Waals surface area (Å²) in [6.45, 7) is 0.0505. The van der Waals surface area contributed by atoms with Gasteiger partial charge in [0.1, 0.15) is 18.2 Å². The minimum absolute atomic E-state index is 0.260. The number of pyridine rings is 1. The first-order chi connectivity index (χ1) is 8.69. The quantitative estimate of drug-likeness (QED) is 0.943. The average Bonchev–Trinajstić information content (AvgIpc) is 2.37. The van der Waals surface area contributed by atoms with Gasteiger partial charge in [-0.15, -0.1) is 0 Å². The molecular formula is C13H11BrFNO2. The minimum Gasteiger partial charge on any atom is -0.488 e. The maximum absolute atomic E-state index is 13.0. The predicted octanol–water partition coefficient (Wildman–Crippen LogP) is 3.05. The van der Waals surface area contributed by atoms with Gasteiger partial charge >= 0.3 is 0 Å². The van der Waals surface area contributed by atoms with Crippen LogP contribution in [0.1, 0.15) is 11.1 Å². The monoisotopic (exact) mass is 311 g/mol. The van der Waals surface area contributed by atoms with Crippen LogP contribution in [-0.4, -0.2) is 10.1 Å². The number of benzene rings is 1. The normalized spacial score (nSPS) is 10.4. The standard InChI is InChI=1S/C13H11BrFNO2/c14-11-3-9(5-16-6-11)8-18-13-2-1-12(15)4-10(13)7-17/h1-6,17H,7-8H2. The Kier molecular flexibility index (Phi) is 4.28. The molecule has 0 atom stereocenters. The summed E-state index contributed by atoms with van der Waals surface area (Å²) in [5.41, 5.74) is 1.32. The molecule has 0 saturated heterocycles. The smallest absolute Gasteiger partial charge is 0.125 e. The van der Waals surface area contributed by atoms with E-state index in [-0.39, 0.29) is 6.61 Å². The molecule has 0 fully saturated rings. The van der Waals surface area contributed by atoms with Gasteiger partial charge in [0.05, 0.1) is 6.61 Å². The van der Waals surface area contributed by atoms with E-state index in [0.29, 0.717) is 17.9 Å². The van der Waals surface area contributed by atoms with Crippen molar-refractivity contribution in [1.82, 2.24) is 4.98 Å². The van der Waals surface area contributed by atoms with E-state index < -0.39 is 5.82 Å².